The molecule has 32 heavy (non-hydrogen) atoms. The van der Waals surface area contributed by atoms with Gasteiger partial charge in [0.1, 0.15) is 5.75 Å². The van der Waals surface area contributed by atoms with Crippen molar-refractivity contribution >= 4 is 50.2 Å². The van der Waals surface area contributed by atoms with Crippen molar-refractivity contribution in [2.45, 2.75) is 6.42 Å². The number of azo groups is 1. The molecule has 0 saturated carbocycles. The number of phenolic OH excluding ortho intramolecular Hbond substituents is 1. The number of phenols is 1. The molecule has 0 aromatic heterocycles. The first-order valence-corrected chi connectivity index (χ1v) is 10.7. The van der Waals surface area contributed by atoms with E-state index in [0.717, 1.165) is 26.5 Å². The normalized spacial score (nSPS) is 11.4. The molecule has 6 nitrogen and oxygen atoms in total. The lowest BCUT2D eigenvalue weighted by molar-refractivity contribution is -0.120. The van der Waals surface area contributed by atoms with Crippen molar-refractivity contribution in [2.24, 2.45) is 15.3 Å². The molecule has 0 radical (unpaired) electrons. The molecule has 0 atom stereocenters. The SMILES string of the molecule is O=C(Cc1ccc(Br)c2ccccc12)N/N=C\c1cc(N=Nc2ccccc2)ccc1O. The third-order valence-corrected chi connectivity index (χ3v) is 5.44. The number of carbonyl (C=O) groups excluding carboxylic acids is 1. The van der Waals surface area contributed by atoms with Crippen molar-refractivity contribution in [1.29, 1.82) is 0 Å². The molecule has 0 bridgehead atoms. The summed E-state index contributed by atoms with van der Waals surface area (Å²) in [4.78, 5) is 12.4. The minimum atomic E-state index is -0.256. The third-order valence-electron chi connectivity index (χ3n) is 4.75. The maximum atomic E-state index is 12.4. The van der Waals surface area contributed by atoms with Crippen molar-refractivity contribution in [1.82, 2.24) is 5.43 Å². The summed E-state index contributed by atoms with van der Waals surface area (Å²) in [7, 11) is 0. The van der Waals surface area contributed by atoms with Crippen LogP contribution in [0.4, 0.5) is 11.4 Å². The van der Waals surface area contributed by atoms with E-state index in [9.17, 15) is 9.90 Å². The quantitative estimate of drug-likeness (QED) is 0.187. The van der Waals surface area contributed by atoms with Crippen LogP contribution in [0, 0.1) is 0 Å². The number of fused-ring (bicyclic) bond motifs is 1. The minimum absolute atomic E-state index is 0.0283. The number of carbonyl (C=O) groups is 1. The zero-order valence-corrected chi connectivity index (χ0v) is 18.5. The highest BCUT2D eigenvalue weighted by Crippen LogP contribution is 2.27. The number of nitrogens with one attached hydrogen (secondary N) is 1. The first-order valence-electron chi connectivity index (χ1n) is 9.88. The van der Waals surface area contributed by atoms with Gasteiger partial charge in [0.15, 0.2) is 0 Å². The Kier molecular flexibility index (Phi) is 6.67. The van der Waals surface area contributed by atoms with E-state index in [-0.39, 0.29) is 18.1 Å². The van der Waals surface area contributed by atoms with E-state index in [4.69, 9.17) is 0 Å². The van der Waals surface area contributed by atoms with Gasteiger partial charge in [-0.25, -0.2) is 5.43 Å². The van der Waals surface area contributed by atoms with Crippen LogP contribution in [-0.4, -0.2) is 17.2 Å². The molecule has 0 aliphatic rings. The number of hydrogen-bond donors (Lipinski definition) is 2. The van der Waals surface area contributed by atoms with Crippen LogP contribution in [0.2, 0.25) is 0 Å². The Morgan fingerprint density at radius 2 is 1.59 bits per heavy atom. The molecule has 1 amide bonds. The van der Waals surface area contributed by atoms with Gasteiger partial charge in [0, 0.05) is 10.0 Å². The molecule has 7 heteroatoms. The molecule has 0 aliphatic heterocycles. The predicted octanol–water partition coefficient (Wildman–Crippen LogP) is 6.42. The van der Waals surface area contributed by atoms with Crippen LogP contribution in [0.15, 0.2) is 105 Å². The lowest BCUT2D eigenvalue weighted by Crippen LogP contribution is -2.19. The van der Waals surface area contributed by atoms with Crippen LogP contribution in [0.3, 0.4) is 0 Å². The molecule has 0 fully saturated rings. The smallest absolute Gasteiger partial charge is 0.244 e. The Morgan fingerprint density at radius 1 is 0.875 bits per heavy atom. The molecule has 0 heterocycles. The molecule has 0 saturated heterocycles. The van der Waals surface area contributed by atoms with Gasteiger partial charge in [-0.1, -0.05) is 64.5 Å². The minimum Gasteiger partial charge on any atom is -0.507 e. The molecule has 2 N–H and O–H groups in total. The lowest BCUT2D eigenvalue weighted by Gasteiger charge is -2.07. The molecule has 4 aromatic carbocycles. The summed E-state index contributed by atoms with van der Waals surface area (Å²) in [5.74, 6) is -0.228. The van der Waals surface area contributed by atoms with Gasteiger partial charge in [-0.05, 0) is 52.7 Å². The fourth-order valence-electron chi connectivity index (χ4n) is 3.18. The Morgan fingerprint density at radius 3 is 2.41 bits per heavy atom. The van der Waals surface area contributed by atoms with E-state index in [1.807, 2.05) is 66.7 Å². The van der Waals surface area contributed by atoms with Crippen LogP contribution in [0.1, 0.15) is 11.1 Å². The lowest BCUT2D eigenvalue weighted by atomic mass is 10.0. The van der Waals surface area contributed by atoms with E-state index < -0.39 is 0 Å². The average molecular weight is 487 g/mol. The predicted molar refractivity (Wildman–Crippen MR) is 130 cm³/mol. The standard InChI is InChI=1S/C25H19BrN4O2/c26-23-12-10-17(21-8-4-5-9-22(21)23)15-25(32)30-27-16-18-14-20(11-13-24(18)31)29-28-19-6-2-1-3-7-19/h1-14,16,31H,15H2,(H,30,32)/b27-16-,29-28?. The highest BCUT2D eigenvalue weighted by Gasteiger charge is 2.08. The fourth-order valence-corrected chi connectivity index (χ4v) is 3.66. The highest BCUT2D eigenvalue weighted by molar-refractivity contribution is 9.10. The summed E-state index contributed by atoms with van der Waals surface area (Å²) in [6.07, 6.45) is 1.57. The number of halogens is 1. The zero-order valence-electron chi connectivity index (χ0n) is 16.9. The summed E-state index contributed by atoms with van der Waals surface area (Å²) >= 11 is 3.54. The van der Waals surface area contributed by atoms with E-state index in [2.05, 4.69) is 36.7 Å². The number of hydrogen-bond acceptors (Lipinski definition) is 5. The number of nitrogens with zero attached hydrogens (tertiary/aromatic N) is 3. The van der Waals surface area contributed by atoms with Gasteiger partial charge in [-0.2, -0.15) is 15.3 Å². The Labute approximate surface area is 193 Å². The topological polar surface area (TPSA) is 86.4 Å². The first kappa shape index (κ1) is 21.4. The largest absolute Gasteiger partial charge is 0.507 e. The van der Waals surface area contributed by atoms with Gasteiger partial charge >= 0.3 is 0 Å². The second-order valence-electron chi connectivity index (χ2n) is 7.00. The monoisotopic (exact) mass is 486 g/mol. The van der Waals surface area contributed by atoms with Gasteiger partial charge in [-0.15, -0.1) is 0 Å². The van der Waals surface area contributed by atoms with Crippen molar-refractivity contribution in [3.8, 4) is 5.75 Å². The Balaban J connectivity index is 1.43. The summed E-state index contributed by atoms with van der Waals surface area (Å²) < 4.78 is 0.982. The second kappa shape index (κ2) is 9.98. The maximum Gasteiger partial charge on any atom is 0.244 e. The van der Waals surface area contributed by atoms with Crippen LogP contribution in [0.25, 0.3) is 10.8 Å². The number of hydrazone groups is 1. The average Bonchev–Trinajstić information content (AvgIpc) is 2.82. The summed E-state index contributed by atoms with van der Waals surface area (Å²) in [5, 5.41) is 24.5. The van der Waals surface area contributed by atoms with Crippen LogP contribution < -0.4 is 5.43 Å². The van der Waals surface area contributed by atoms with Crippen LogP contribution >= 0.6 is 15.9 Å². The zero-order chi connectivity index (χ0) is 22.3. The molecule has 0 unspecified atom stereocenters. The van der Waals surface area contributed by atoms with E-state index in [0.29, 0.717) is 11.3 Å². The molecular formula is C25H19BrN4O2. The number of aromatic hydroxyl groups is 1. The van der Waals surface area contributed by atoms with Gasteiger partial charge < -0.3 is 5.11 Å². The molecule has 158 valence electrons. The third kappa shape index (κ3) is 5.25. The van der Waals surface area contributed by atoms with Gasteiger partial charge in [0.25, 0.3) is 0 Å². The molecule has 4 aromatic rings. The van der Waals surface area contributed by atoms with Crippen molar-refractivity contribution < 1.29 is 9.90 Å². The number of amides is 1. The second-order valence-corrected chi connectivity index (χ2v) is 7.86. The fraction of sp³-hybridized carbons (Fsp3) is 0.0400. The number of rotatable bonds is 6. The molecular weight excluding hydrogens is 468 g/mol. The van der Waals surface area contributed by atoms with Gasteiger partial charge in [0.2, 0.25) is 5.91 Å². The summed E-state index contributed by atoms with van der Waals surface area (Å²) in [6.45, 7) is 0. The van der Waals surface area contributed by atoms with E-state index in [1.165, 1.54) is 12.3 Å². The Bertz CT molecular complexity index is 1320. The molecule has 4 rings (SSSR count). The molecule has 0 spiro atoms. The summed E-state index contributed by atoms with van der Waals surface area (Å²) in [6, 6.07) is 25.9. The van der Waals surface area contributed by atoms with Gasteiger partial charge in [-0.3, -0.25) is 4.79 Å². The van der Waals surface area contributed by atoms with Crippen LogP contribution in [0.5, 0.6) is 5.75 Å². The van der Waals surface area contributed by atoms with Crippen molar-refractivity contribution in [3.63, 3.8) is 0 Å². The highest BCUT2D eigenvalue weighted by atomic mass is 79.9. The molecule has 0 aliphatic carbocycles. The van der Waals surface area contributed by atoms with Gasteiger partial charge in [0.05, 0.1) is 24.0 Å². The maximum absolute atomic E-state index is 12.4. The van der Waals surface area contributed by atoms with Crippen molar-refractivity contribution in [2.75, 3.05) is 0 Å². The van der Waals surface area contributed by atoms with E-state index >= 15 is 0 Å². The number of benzene rings is 4. The van der Waals surface area contributed by atoms with Crippen molar-refractivity contribution in [3.05, 3.63) is 101 Å². The van der Waals surface area contributed by atoms with E-state index in [1.54, 1.807) is 12.1 Å². The first-order chi connectivity index (χ1) is 15.6. The van der Waals surface area contributed by atoms with Crippen LogP contribution in [-0.2, 0) is 11.2 Å². The Hall–Kier alpha value is -3.84. The summed E-state index contributed by atoms with van der Waals surface area (Å²) in [5.41, 5.74) is 5.12.